The Bertz CT molecular complexity index is 262. The molecule has 0 aromatic carbocycles. The Hall–Kier alpha value is -0.610. The minimum atomic E-state index is -0.279. The van der Waals surface area contributed by atoms with Crippen LogP contribution in [-0.4, -0.2) is 30.7 Å². The van der Waals surface area contributed by atoms with E-state index in [1.165, 1.54) is 19.3 Å². The van der Waals surface area contributed by atoms with Gasteiger partial charge in [-0.15, -0.1) is 0 Å². The second kappa shape index (κ2) is 5.83. The highest BCUT2D eigenvalue weighted by Gasteiger charge is 2.36. The van der Waals surface area contributed by atoms with E-state index in [1.807, 2.05) is 0 Å². The van der Waals surface area contributed by atoms with E-state index in [0.29, 0.717) is 6.54 Å². The van der Waals surface area contributed by atoms with Gasteiger partial charge in [0.1, 0.15) is 6.10 Å². The van der Waals surface area contributed by atoms with Crippen LogP contribution in [0.3, 0.4) is 0 Å². The van der Waals surface area contributed by atoms with Crippen LogP contribution in [0.4, 0.5) is 0 Å². The molecule has 17 heavy (non-hydrogen) atoms. The van der Waals surface area contributed by atoms with Gasteiger partial charge in [0.2, 0.25) is 5.91 Å². The molecular formula is C13H24N2O2. The minimum absolute atomic E-state index is 0.0564. The Morgan fingerprint density at radius 2 is 2.00 bits per heavy atom. The van der Waals surface area contributed by atoms with Crippen molar-refractivity contribution in [1.82, 2.24) is 5.32 Å². The number of nitrogens with two attached hydrogens (primary N) is 1. The molecule has 0 aromatic heterocycles. The number of hydrogen-bond acceptors (Lipinski definition) is 3. The molecule has 1 saturated heterocycles. The second-order valence-electron chi connectivity index (χ2n) is 5.34. The number of carbonyl (C=O) groups excluding carboxylic acids is 1. The molecule has 1 amide bonds. The lowest BCUT2D eigenvalue weighted by molar-refractivity contribution is -0.151. The first-order valence-electron chi connectivity index (χ1n) is 6.91. The Kier molecular flexibility index (Phi) is 4.40. The van der Waals surface area contributed by atoms with E-state index in [9.17, 15) is 4.79 Å². The Morgan fingerprint density at radius 1 is 1.24 bits per heavy atom. The molecule has 1 heterocycles. The largest absolute Gasteiger partial charge is 0.361 e. The van der Waals surface area contributed by atoms with Crippen LogP contribution in [0, 0.1) is 0 Å². The van der Waals surface area contributed by atoms with Crippen molar-refractivity contribution < 1.29 is 9.53 Å². The van der Waals surface area contributed by atoms with E-state index in [-0.39, 0.29) is 17.6 Å². The number of ether oxygens (including phenoxy) is 1. The predicted molar refractivity (Wildman–Crippen MR) is 66.6 cm³/mol. The molecule has 4 heteroatoms. The smallest absolute Gasteiger partial charge is 0.249 e. The highest BCUT2D eigenvalue weighted by atomic mass is 16.5. The Morgan fingerprint density at radius 3 is 2.71 bits per heavy atom. The van der Waals surface area contributed by atoms with Crippen LogP contribution in [0.2, 0.25) is 0 Å². The van der Waals surface area contributed by atoms with Gasteiger partial charge in [-0.3, -0.25) is 4.79 Å². The summed E-state index contributed by atoms with van der Waals surface area (Å²) in [6.07, 6.45) is 8.30. The summed E-state index contributed by atoms with van der Waals surface area (Å²) in [5.74, 6) is 0.0564. The zero-order valence-corrected chi connectivity index (χ0v) is 10.5. The van der Waals surface area contributed by atoms with Crippen molar-refractivity contribution in [3.8, 4) is 0 Å². The molecule has 1 aliphatic heterocycles. The zero-order chi connectivity index (χ0) is 12.1. The van der Waals surface area contributed by atoms with Gasteiger partial charge in [-0.1, -0.05) is 19.3 Å². The van der Waals surface area contributed by atoms with Crippen LogP contribution >= 0.6 is 0 Å². The molecule has 98 valence electrons. The van der Waals surface area contributed by atoms with Gasteiger partial charge in [-0.25, -0.2) is 0 Å². The molecule has 2 aliphatic rings. The molecule has 2 fully saturated rings. The summed E-state index contributed by atoms with van der Waals surface area (Å²) >= 11 is 0. The average molecular weight is 240 g/mol. The van der Waals surface area contributed by atoms with Crippen molar-refractivity contribution in [1.29, 1.82) is 0 Å². The average Bonchev–Trinajstić information content (AvgIpc) is 2.56. The number of rotatable bonds is 3. The Labute approximate surface area is 103 Å². The molecule has 1 aliphatic carbocycles. The molecule has 1 unspecified atom stereocenters. The lowest BCUT2D eigenvalue weighted by Gasteiger charge is -2.38. The summed E-state index contributed by atoms with van der Waals surface area (Å²) in [6, 6.07) is 0. The fourth-order valence-electron chi connectivity index (χ4n) is 2.89. The van der Waals surface area contributed by atoms with Crippen molar-refractivity contribution in [2.75, 3.05) is 13.1 Å². The minimum Gasteiger partial charge on any atom is -0.361 e. The Balaban J connectivity index is 1.98. The van der Waals surface area contributed by atoms with Crippen molar-refractivity contribution in [3.05, 3.63) is 0 Å². The second-order valence-corrected chi connectivity index (χ2v) is 5.34. The van der Waals surface area contributed by atoms with E-state index < -0.39 is 0 Å². The maximum atomic E-state index is 11.9. The molecule has 1 saturated carbocycles. The van der Waals surface area contributed by atoms with Crippen LogP contribution in [0.1, 0.15) is 51.4 Å². The van der Waals surface area contributed by atoms with E-state index in [1.54, 1.807) is 0 Å². The van der Waals surface area contributed by atoms with Crippen molar-refractivity contribution >= 4 is 5.91 Å². The third kappa shape index (κ3) is 3.19. The van der Waals surface area contributed by atoms with E-state index in [0.717, 1.165) is 38.6 Å². The van der Waals surface area contributed by atoms with Crippen LogP contribution < -0.4 is 11.1 Å². The summed E-state index contributed by atoms with van der Waals surface area (Å²) in [5.41, 5.74) is 5.65. The third-order valence-corrected chi connectivity index (χ3v) is 4.01. The zero-order valence-electron chi connectivity index (χ0n) is 10.5. The SMILES string of the molecule is NCC1(OC2CCCCNC2=O)CCCCC1. The van der Waals surface area contributed by atoms with Crippen molar-refractivity contribution in [3.63, 3.8) is 0 Å². The van der Waals surface area contributed by atoms with Gasteiger partial charge >= 0.3 is 0 Å². The number of carbonyl (C=O) groups is 1. The maximum Gasteiger partial charge on any atom is 0.249 e. The van der Waals surface area contributed by atoms with Gasteiger partial charge in [0, 0.05) is 13.1 Å². The first-order chi connectivity index (χ1) is 8.26. The summed E-state index contributed by atoms with van der Waals surface area (Å²) < 4.78 is 6.12. The highest BCUT2D eigenvalue weighted by molar-refractivity contribution is 5.81. The fourth-order valence-corrected chi connectivity index (χ4v) is 2.89. The first-order valence-corrected chi connectivity index (χ1v) is 6.91. The summed E-state index contributed by atoms with van der Waals surface area (Å²) in [4.78, 5) is 11.9. The molecule has 3 N–H and O–H groups in total. The molecule has 0 radical (unpaired) electrons. The van der Waals surface area contributed by atoms with Crippen LogP contribution in [0.25, 0.3) is 0 Å². The van der Waals surface area contributed by atoms with Gasteiger partial charge in [0.05, 0.1) is 5.60 Å². The summed E-state index contributed by atoms with van der Waals surface area (Å²) in [7, 11) is 0. The molecule has 0 bridgehead atoms. The molecule has 1 atom stereocenters. The number of nitrogens with one attached hydrogen (secondary N) is 1. The highest BCUT2D eigenvalue weighted by Crippen LogP contribution is 2.32. The lowest BCUT2D eigenvalue weighted by atomic mass is 9.84. The molecule has 0 aromatic rings. The van der Waals surface area contributed by atoms with Crippen molar-refractivity contribution in [2.45, 2.75) is 63.1 Å². The van der Waals surface area contributed by atoms with Gasteiger partial charge in [0.15, 0.2) is 0 Å². The quantitative estimate of drug-likeness (QED) is 0.782. The van der Waals surface area contributed by atoms with E-state index in [2.05, 4.69) is 5.32 Å². The maximum absolute atomic E-state index is 11.9. The topological polar surface area (TPSA) is 64.3 Å². The van der Waals surface area contributed by atoms with Crippen LogP contribution in [0.15, 0.2) is 0 Å². The van der Waals surface area contributed by atoms with Gasteiger partial charge in [0.25, 0.3) is 0 Å². The monoisotopic (exact) mass is 240 g/mol. The van der Waals surface area contributed by atoms with Gasteiger partial charge in [-0.2, -0.15) is 0 Å². The molecule has 4 nitrogen and oxygen atoms in total. The van der Waals surface area contributed by atoms with Gasteiger partial charge in [-0.05, 0) is 32.1 Å². The standard InChI is InChI=1S/C13H24N2O2/c14-10-13(7-3-1-4-8-13)17-11-6-2-5-9-15-12(11)16/h11H,1-10,14H2,(H,15,16). The fraction of sp³-hybridized carbons (Fsp3) is 0.923. The first kappa shape index (κ1) is 12.8. The van der Waals surface area contributed by atoms with E-state index in [4.69, 9.17) is 10.5 Å². The van der Waals surface area contributed by atoms with E-state index >= 15 is 0 Å². The lowest BCUT2D eigenvalue weighted by Crippen LogP contribution is -2.48. The van der Waals surface area contributed by atoms with Gasteiger partial charge < -0.3 is 15.8 Å². The molecule has 0 spiro atoms. The number of hydrogen-bond donors (Lipinski definition) is 2. The van der Waals surface area contributed by atoms with Crippen molar-refractivity contribution in [2.24, 2.45) is 5.73 Å². The van der Waals surface area contributed by atoms with Crippen LogP contribution in [0.5, 0.6) is 0 Å². The summed E-state index contributed by atoms with van der Waals surface area (Å²) in [6.45, 7) is 1.32. The third-order valence-electron chi connectivity index (χ3n) is 4.01. The summed E-state index contributed by atoms with van der Waals surface area (Å²) in [5, 5.41) is 2.92. The van der Waals surface area contributed by atoms with Crippen LogP contribution in [-0.2, 0) is 9.53 Å². The normalized spacial score (nSPS) is 29.5. The predicted octanol–water partition coefficient (Wildman–Crippen LogP) is 1.33. The molecule has 2 rings (SSSR count). The molecular weight excluding hydrogens is 216 g/mol. The number of amides is 1.